The van der Waals surface area contributed by atoms with Crippen molar-refractivity contribution in [1.29, 1.82) is 0 Å². The van der Waals surface area contributed by atoms with Crippen LogP contribution in [0.3, 0.4) is 0 Å². The third-order valence-corrected chi connectivity index (χ3v) is 4.57. The molecule has 0 amide bonds. The maximum Gasteiger partial charge on any atom is 0.107 e. The van der Waals surface area contributed by atoms with Crippen LogP contribution in [-0.2, 0) is 4.74 Å². The highest BCUT2D eigenvalue weighted by Gasteiger charge is 2.34. The number of benzene rings is 3. The van der Waals surface area contributed by atoms with Crippen LogP contribution in [0.25, 0.3) is 21.5 Å². The molecule has 1 fully saturated rings. The molecule has 3 aromatic rings. The first kappa shape index (κ1) is 13.7. The van der Waals surface area contributed by atoms with Crippen molar-refractivity contribution < 1.29 is 14.9 Å². The molecule has 1 heterocycles. The van der Waals surface area contributed by atoms with E-state index < -0.39 is 12.2 Å². The minimum Gasteiger partial charge on any atom is -0.394 e. The van der Waals surface area contributed by atoms with Crippen molar-refractivity contribution in [3.05, 3.63) is 60.2 Å². The van der Waals surface area contributed by atoms with Crippen molar-refractivity contribution in [2.75, 3.05) is 6.61 Å². The Morgan fingerprint density at radius 1 is 0.909 bits per heavy atom. The Kier molecular flexibility index (Phi) is 3.34. The Balaban J connectivity index is 1.87. The molecule has 0 bridgehead atoms. The Morgan fingerprint density at radius 2 is 1.73 bits per heavy atom. The van der Waals surface area contributed by atoms with Crippen LogP contribution >= 0.6 is 0 Å². The first-order valence-corrected chi connectivity index (χ1v) is 7.62. The van der Waals surface area contributed by atoms with Crippen LogP contribution < -0.4 is 0 Å². The summed E-state index contributed by atoms with van der Waals surface area (Å²) in [5.74, 6) is 0. The van der Waals surface area contributed by atoms with Gasteiger partial charge in [-0.3, -0.25) is 0 Å². The van der Waals surface area contributed by atoms with Gasteiger partial charge in [0, 0.05) is 6.42 Å². The van der Waals surface area contributed by atoms with E-state index in [0.29, 0.717) is 6.42 Å². The molecule has 1 aliphatic heterocycles. The van der Waals surface area contributed by atoms with Gasteiger partial charge in [0.25, 0.3) is 0 Å². The monoisotopic (exact) mass is 294 g/mol. The van der Waals surface area contributed by atoms with Gasteiger partial charge in [0.05, 0.1) is 18.8 Å². The minimum absolute atomic E-state index is 0.147. The van der Waals surface area contributed by atoms with Gasteiger partial charge in [0.1, 0.15) is 6.10 Å². The number of ether oxygens (including phenoxy) is 1. The second-order valence-corrected chi connectivity index (χ2v) is 5.88. The molecule has 1 saturated heterocycles. The fourth-order valence-electron chi connectivity index (χ4n) is 3.44. The van der Waals surface area contributed by atoms with E-state index >= 15 is 0 Å². The van der Waals surface area contributed by atoms with Crippen molar-refractivity contribution in [2.24, 2.45) is 0 Å². The van der Waals surface area contributed by atoms with Crippen LogP contribution in [0.5, 0.6) is 0 Å². The summed E-state index contributed by atoms with van der Waals surface area (Å²) in [6.07, 6.45) is -0.736. The quantitative estimate of drug-likeness (QED) is 0.714. The standard InChI is InChI=1S/C19H18O3/c20-11-19-17(21)10-18(22-19)16-7-3-6-14-13-5-2-1-4-12(13)8-9-15(14)16/h1-9,17-21H,10-11H2/t17-,18+,19+/m0/s1. The van der Waals surface area contributed by atoms with E-state index in [4.69, 9.17) is 4.74 Å². The van der Waals surface area contributed by atoms with Crippen molar-refractivity contribution in [3.63, 3.8) is 0 Å². The first-order chi connectivity index (χ1) is 10.8. The summed E-state index contributed by atoms with van der Waals surface area (Å²) in [4.78, 5) is 0. The van der Waals surface area contributed by atoms with Crippen molar-refractivity contribution >= 4 is 21.5 Å². The number of aliphatic hydroxyl groups excluding tert-OH is 2. The Morgan fingerprint density at radius 3 is 2.55 bits per heavy atom. The summed E-state index contributed by atoms with van der Waals surface area (Å²) in [6, 6.07) is 18.8. The third-order valence-electron chi connectivity index (χ3n) is 4.57. The maximum absolute atomic E-state index is 9.98. The molecule has 3 aromatic carbocycles. The molecule has 22 heavy (non-hydrogen) atoms. The van der Waals surface area contributed by atoms with Gasteiger partial charge in [0.15, 0.2) is 0 Å². The molecule has 0 saturated carbocycles. The lowest BCUT2D eigenvalue weighted by Gasteiger charge is -2.15. The summed E-state index contributed by atoms with van der Waals surface area (Å²) in [7, 11) is 0. The van der Waals surface area contributed by atoms with Crippen LogP contribution in [0.15, 0.2) is 54.6 Å². The minimum atomic E-state index is -0.606. The molecule has 0 radical (unpaired) electrons. The Labute approximate surface area is 128 Å². The number of rotatable bonds is 2. The number of hydrogen-bond donors (Lipinski definition) is 2. The normalized spacial score (nSPS) is 25.1. The number of fused-ring (bicyclic) bond motifs is 3. The Hall–Kier alpha value is -1.94. The largest absolute Gasteiger partial charge is 0.394 e. The molecule has 3 atom stereocenters. The fourth-order valence-corrected chi connectivity index (χ4v) is 3.44. The average Bonchev–Trinajstić information content (AvgIpc) is 2.95. The summed E-state index contributed by atoms with van der Waals surface area (Å²) in [5, 5.41) is 24.0. The van der Waals surface area contributed by atoms with Gasteiger partial charge >= 0.3 is 0 Å². The van der Waals surface area contributed by atoms with Gasteiger partial charge in [-0.15, -0.1) is 0 Å². The molecule has 1 aliphatic rings. The lowest BCUT2D eigenvalue weighted by atomic mass is 9.94. The summed E-state index contributed by atoms with van der Waals surface area (Å²) in [6.45, 7) is -0.147. The lowest BCUT2D eigenvalue weighted by Crippen LogP contribution is -2.24. The summed E-state index contributed by atoms with van der Waals surface area (Å²) < 4.78 is 5.83. The van der Waals surface area contributed by atoms with Crippen LogP contribution in [0.1, 0.15) is 18.1 Å². The van der Waals surface area contributed by atoms with Crippen LogP contribution in [0.4, 0.5) is 0 Å². The van der Waals surface area contributed by atoms with E-state index in [1.807, 2.05) is 24.3 Å². The predicted molar refractivity (Wildman–Crippen MR) is 86.8 cm³/mol. The predicted octanol–water partition coefficient (Wildman–Crippen LogP) is 3.18. The molecule has 3 heteroatoms. The van der Waals surface area contributed by atoms with Gasteiger partial charge in [-0.2, -0.15) is 0 Å². The Bertz CT molecular complexity index is 827. The topological polar surface area (TPSA) is 49.7 Å². The molecular weight excluding hydrogens is 276 g/mol. The van der Waals surface area contributed by atoms with Gasteiger partial charge < -0.3 is 14.9 Å². The van der Waals surface area contributed by atoms with E-state index in [1.54, 1.807) is 0 Å². The second-order valence-electron chi connectivity index (χ2n) is 5.88. The van der Waals surface area contributed by atoms with Crippen LogP contribution in [-0.4, -0.2) is 29.0 Å². The highest BCUT2D eigenvalue weighted by Crippen LogP contribution is 2.38. The van der Waals surface area contributed by atoms with Crippen LogP contribution in [0.2, 0.25) is 0 Å². The highest BCUT2D eigenvalue weighted by atomic mass is 16.5. The maximum atomic E-state index is 9.98. The number of aliphatic hydroxyl groups is 2. The van der Waals surface area contributed by atoms with Crippen LogP contribution in [0, 0.1) is 0 Å². The highest BCUT2D eigenvalue weighted by molar-refractivity contribution is 6.08. The molecule has 112 valence electrons. The first-order valence-electron chi connectivity index (χ1n) is 7.62. The van der Waals surface area contributed by atoms with E-state index in [0.717, 1.165) is 10.9 Å². The van der Waals surface area contributed by atoms with E-state index in [2.05, 4.69) is 30.3 Å². The SMILES string of the molecule is OC[C@H]1O[C@@H](c2cccc3c2ccc2ccccc23)C[C@@H]1O. The molecule has 3 nitrogen and oxygen atoms in total. The number of hydrogen-bond acceptors (Lipinski definition) is 3. The molecule has 0 aliphatic carbocycles. The fraction of sp³-hybridized carbons (Fsp3) is 0.263. The second kappa shape index (κ2) is 5.36. The van der Waals surface area contributed by atoms with E-state index in [-0.39, 0.29) is 12.7 Å². The molecule has 0 unspecified atom stereocenters. The van der Waals surface area contributed by atoms with Gasteiger partial charge in [-0.25, -0.2) is 0 Å². The van der Waals surface area contributed by atoms with E-state index in [1.165, 1.54) is 16.2 Å². The van der Waals surface area contributed by atoms with Gasteiger partial charge in [-0.05, 0) is 27.1 Å². The zero-order valence-electron chi connectivity index (χ0n) is 12.1. The third kappa shape index (κ3) is 2.10. The summed E-state index contributed by atoms with van der Waals surface area (Å²) in [5.41, 5.74) is 1.08. The average molecular weight is 294 g/mol. The lowest BCUT2D eigenvalue weighted by molar-refractivity contribution is -0.0222. The molecule has 0 aromatic heterocycles. The van der Waals surface area contributed by atoms with Gasteiger partial charge in [-0.1, -0.05) is 54.6 Å². The smallest absolute Gasteiger partial charge is 0.107 e. The van der Waals surface area contributed by atoms with Gasteiger partial charge in [0.2, 0.25) is 0 Å². The molecule has 2 N–H and O–H groups in total. The van der Waals surface area contributed by atoms with Crippen molar-refractivity contribution in [1.82, 2.24) is 0 Å². The molecule has 0 spiro atoms. The van der Waals surface area contributed by atoms with Crippen molar-refractivity contribution in [3.8, 4) is 0 Å². The van der Waals surface area contributed by atoms with E-state index in [9.17, 15) is 10.2 Å². The van der Waals surface area contributed by atoms with Crippen molar-refractivity contribution in [2.45, 2.75) is 24.7 Å². The molecular formula is C19H18O3. The zero-order valence-corrected chi connectivity index (χ0v) is 12.1. The zero-order chi connectivity index (χ0) is 15.1. The summed E-state index contributed by atoms with van der Waals surface area (Å²) >= 11 is 0. The molecule has 4 rings (SSSR count).